The van der Waals surface area contributed by atoms with Crippen LogP contribution < -0.4 is 5.32 Å². The van der Waals surface area contributed by atoms with Crippen LogP contribution in [0.25, 0.3) is 0 Å². The molecule has 92 valence electrons. The molecule has 6 nitrogen and oxygen atoms in total. The van der Waals surface area contributed by atoms with Gasteiger partial charge in [0.25, 0.3) is 0 Å². The first-order valence-electron chi connectivity index (χ1n) is 4.58. The van der Waals surface area contributed by atoms with Crippen LogP contribution in [0.3, 0.4) is 0 Å². The Kier molecular flexibility index (Phi) is 4.29. The summed E-state index contributed by atoms with van der Waals surface area (Å²) in [5, 5.41) is 28.6. The smallest absolute Gasteiger partial charge is 0.352 e. The van der Waals surface area contributed by atoms with Gasteiger partial charge in [0.1, 0.15) is 11.8 Å². The fourth-order valence-electron chi connectivity index (χ4n) is 1.12. The van der Waals surface area contributed by atoms with E-state index < -0.39 is 17.6 Å². The molecule has 0 saturated heterocycles. The van der Waals surface area contributed by atoms with Crippen LogP contribution in [0, 0.1) is 11.3 Å². The molecule has 0 spiro atoms. The number of benzene rings is 1. The normalized spacial score (nSPS) is 10.6. The second-order valence-corrected chi connectivity index (χ2v) is 3.54. The molecule has 0 atom stereocenters. The minimum atomic E-state index is -1.43. The molecule has 0 aliphatic heterocycles. The molecule has 0 aliphatic rings. The Morgan fingerprint density at radius 1 is 1.39 bits per heavy atom. The second-order valence-electron chi connectivity index (χ2n) is 3.13. The van der Waals surface area contributed by atoms with E-state index in [1.54, 1.807) is 0 Å². The molecule has 0 heterocycles. The fraction of sp³-hybridized carbons (Fsp3) is 0. The number of hydrogen-bond donors (Lipinski definition) is 3. The Hall–Kier alpha value is -2.52. The highest BCUT2D eigenvalue weighted by Gasteiger charge is 2.10. The van der Waals surface area contributed by atoms with Crippen molar-refractivity contribution in [1.29, 1.82) is 5.26 Å². The van der Waals surface area contributed by atoms with Gasteiger partial charge in [0.05, 0.1) is 16.7 Å². The van der Waals surface area contributed by atoms with E-state index in [0.29, 0.717) is 6.08 Å². The molecule has 0 aliphatic carbocycles. The maximum absolute atomic E-state index is 10.8. The summed E-state index contributed by atoms with van der Waals surface area (Å²) in [6, 6.07) is 5.98. The lowest BCUT2D eigenvalue weighted by atomic mass is 10.2. The molecule has 0 radical (unpaired) electrons. The van der Waals surface area contributed by atoms with Gasteiger partial charge in [-0.25, -0.2) is 9.59 Å². The van der Waals surface area contributed by atoms with Crippen LogP contribution in [0.5, 0.6) is 0 Å². The number of carbonyl (C=O) groups is 2. The largest absolute Gasteiger partial charge is 0.478 e. The molecule has 1 aromatic carbocycles. The standard InChI is InChI=1S/C11H7ClN2O4/c12-8-2-1-7(3-6(8)5-13)14-9(11(17)18)4-10(15)16/h1-4,14H,(H,15,16)(H,17,18)/b9-4-. The van der Waals surface area contributed by atoms with Gasteiger partial charge in [-0.1, -0.05) is 11.6 Å². The van der Waals surface area contributed by atoms with Crippen molar-refractivity contribution in [3.8, 4) is 6.07 Å². The van der Waals surface area contributed by atoms with E-state index in [1.165, 1.54) is 18.2 Å². The third-order valence-corrected chi connectivity index (χ3v) is 2.19. The van der Waals surface area contributed by atoms with Crippen molar-refractivity contribution in [2.45, 2.75) is 0 Å². The van der Waals surface area contributed by atoms with Crippen molar-refractivity contribution in [2.75, 3.05) is 5.32 Å². The number of carboxylic acid groups (broad SMARTS) is 2. The van der Waals surface area contributed by atoms with E-state index in [4.69, 9.17) is 27.1 Å². The molecule has 0 fully saturated rings. The Labute approximate surface area is 107 Å². The van der Waals surface area contributed by atoms with Crippen molar-refractivity contribution in [1.82, 2.24) is 0 Å². The van der Waals surface area contributed by atoms with Gasteiger partial charge >= 0.3 is 11.9 Å². The molecule has 0 bridgehead atoms. The summed E-state index contributed by atoms with van der Waals surface area (Å²) in [6.45, 7) is 0. The van der Waals surface area contributed by atoms with Crippen LogP contribution in [0.1, 0.15) is 5.56 Å². The Morgan fingerprint density at radius 3 is 2.56 bits per heavy atom. The Balaban J connectivity index is 3.06. The first-order valence-corrected chi connectivity index (χ1v) is 4.96. The number of carboxylic acids is 2. The summed E-state index contributed by atoms with van der Waals surface area (Å²) in [5.74, 6) is -2.82. The van der Waals surface area contributed by atoms with Crippen molar-refractivity contribution in [3.05, 3.63) is 40.6 Å². The lowest BCUT2D eigenvalue weighted by Gasteiger charge is -2.07. The highest BCUT2D eigenvalue weighted by atomic mass is 35.5. The first kappa shape index (κ1) is 13.5. The zero-order valence-electron chi connectivity index (χ0n) is 8.85. The SMILES string of the molecule is N#Cc1cc(N/C(=C\C(=O)O)C(=O)O)ccc1Cl. The number of halogens is 1. The first-order chi connectivity index (χ1) is 8.43. The second kappa shape index (κ2) is 5.70. The van der Waals surface area contributed by atoms with E-state index >= 15 is 0 Å². The van der Waals surface area contributed by atoms with Gasteiger partial charge in [0.2, 0.25) is 0 Å². The molecule has 0 amide bonds. The van der Waals surface area contributed by atoms with Crippen LogP contribution in [-0.2, 0) is 9.59 Å². The summed E-state index contributed by atoms with van der Waals surface area (Å²) in [7, 11) is 0. The van der Waals surface area contributed by atoms with Crippen molar-refractivity contribution in [2.24, 2.45) is 0 Å². The number of hydrogen-bond acceptors (Lipinski definition) is 4. The highest BCUT2D eigenvalue weighted by molar-refractivity contribution is 6.31. The maximum atomic E-state index is 10.8. The molecule has 3 N–H and O–H groups in total. The number of aliphatic carboxylic acids is 2. The van der Waals surface area contributed by atoms with Gasteiger partial charge in [-0.2, -0.15) is 5.26 Å². The molecular weight excluding hydrogens is 260 g/mol. The lowest BCUT2D eigenvalue weighted by molar-refractivity contribution is -0.134. The molecule has 1 rings (SSSR count). The van der Waals surface area contributed by atoms with Crippen LogP contribution in [0.15, 0.2) is 30.0 Å². The van der Waals surface area contributed by atoms with Crippen LogP contribution in [0.4, 0.5) is 5.69 Å². The maximum Gasteiger partial charge on any atom is 0.352 e. The predicted octanol–water partition coefficient (Wildman–Crippen LogP) is 1.68. The molecule has 0 saturated carbocycles. The van der Waals surface area contributed by atoms with E-state index in [0.717, 1.165) is 0 Å². The van der Waals surface area contributed by atoms with Gasteiger partial charge in [0.15, 0.2) is 0 Å². The molecule has 1 aromatic rings. The molecule has 0 aromatic heterocycles. The third kappa shape index (κ3) is 3.50. The third-order valence-electron chi connectivity index (χ3n) is 1.86. The minimum Gasteiger partial charge on any atom is -0.478 e. The highest BCUT2D eigenvalue weighted by Crippen LogP contribution is 2.20. The number of nitrogens with zero attached hydrogens (tertiary/aromatic N) is 1. The summed E-state index contributed by atoms with van der Waals surface area (Å²) in [5.41, 5.74) is -0.110. The summed E-state index contributed by atoms with van der Waals surface area (Å²) >= 11 is 5.70. The number of nitrogens with one attached hydrogen (secondary N) is 1. The lowest BCUT2D eigenvalue weighted by Crippen LogP contribution is -2.12. The zero-order chi connectivity index (χ0) is 13.7. The van der Waals surface area contributed by atoms with E-state index in [2.05, 4.69) is 5.32 Å². The molecule has 7 heteroatoms. The summed E-state index contributed by atoms with van der Waals surface area (Å²) < 4.78 is 0. The molecule has 18 heavy (non-hydrogen) atoms. The number of nitriles is 1. The van der Waals surface area contributed by atoms with Crippen molar-refractivity contribution in [3.63, 3.8) is 0 Å². The van der Waals surface area contributed by atoms with Crippen molar-refractivity contribution >= 4 is 29.2 Å². The Bertz CT molecular complexity index is 575. The van der Waals surface area contributed by atoms with Gasteiger partial charge in [-0.3, -0.25) is 0 Å². The van der Waals surface area contributed by atoms with E-state index in [1.807, 2.05) is 6.07 Å². The van der Waals surface area contributed by atoms with E-state index in [-0.39, 0.29) is 16.3 Å². The molecule has 0 unspecified atom stereocenters. The zero-order valence-corrected chi connectivity index (χ0v) is 9.60. The topological polar surface area (TPSA) is 110 Å². The minimum absolute atomic E-state index is 0.154. The quantitative estimate of drug-likeness (QED) is 0.715. The van der Waals surface area contributed by atoms with Gasteiger partial charge in [-0.15, -0.1) is 0 Å². The Morgan fingerprint density at radius 2 is 2.06 bits per heavy atom. The molecular formula is C11H7ClN2O4. The summed E-state index contributed by atoms with van der Waals surface area (Å²) in [4.78, 5) is 21.2. The monoisotopic (exact) mass is 266 g/mol. The summed E-state index contributed by atoms with van der Waals surface area (Å²) in [6.07, 6.45) is 0.517. The van der Waals surface area contributed by atoms with Gasteiger partial charge in [-0.05, 0) is 18.2 Å². The van der Waals surface area contributed by atoms with Gasteiger partial charge < -0.3 is 15.5 Å². The fourth-order valence-corrected chi connectivity index (χ4v) is 1.28. The number of anilines is 1. The average molecular weight is 267 g/mol. The van der Waals surface area contributed by atoms with Crippen LogP contribution >= 0.6 is 11.6 Å². The van der Waals surface area contributed by atoms with Crippen molar-refractivity contribution < 1.29 is 19.8 Å². The predicted molar refractivity (Wildman–Crippen MR) is 63.1 cm³/mol. The average Bonchev–Trinajstić information content (AvgIpc) is 2.29. The van der Waals surface area contributed by atoms with E-state index in [9.17, 15) is 9.59 Å². The van der Waals surface area contributed by atoms with Gasteiger partial charge in [0, 0.05) is 5.69 Å². The number of rotatable bonds is 4. The van der Waals surface area contributed by atoms with Crippen LogP contribution in [-0.4, -0.2) is 22.2 Å². The van der Waals surface area contributed by atoms with Crippen LogP contribution in [0.2, 0.25) is 5.02 Å².